The third-order valence-electron chi connectivity index (χ3n) is 4.00. The van der Waals surface area contributed by atoms with E-state index in [0.29, 0.717) is 11.3 Å². The monoisotopic (exact) mass is 441 g/mol. The summed E-state index contributed by atoms with van der Waals surface area (Å²) in [5, 5.41) is 6.97. The second kappa shape index (κ2) is 9.27. The third kappa shape index (κ3) is 6.04. The van der Waals surface area contributed by atoms with E-state index in [1.54, 1.807) is 18.2 Å². The van der Waals surface area contributed by atoms with Crippen molar-refractivity contribution in [3.8, 4) is 0 Å². The largest absolute Gasteiger partial charge is 0.411 e. The topological polar surface area (TPSA) is 56.2 Å². The molecule has 0 aliphatic heterocycles. The van der Waals surface area contributed by atoms with Crippen molar-refractivity contribution in [3.05, 3.63) is 82.4 Å². The molecule has 1 N–H and O–H groups in total. The lowest BCUT2D eigenvalue weighted by Crippen LogP contribution is -2.17. The molecule has 5 nitrogen and oxygen atoms in total. The van der Waals surface area contributed by atoms with Crippen LogP contribution in [0.4, 0.5) is 23.2 Å². The average Bonchev–Trinajstić information content (AvgIpc) is 3.11. The highest BCUT2D eigenvalue weighted by Crippen LogP contribution is 2.21. The van der Waals surface area contributed by atoms with Gasteiger partial charge in [-0.25, -0.2) is 4.39 Å². The van der Waals surface area contributed by atoms with Gasteiger partial charge >= 0.3 is 6.18 Å². The highest BCUT2D eigenvalue weighted by atomic mass is 35.5. The van der Waals surface area contributed by atoms with Crippen molar-refractivity contribution in [3.63, 3.8) is 0 Å². The number of carbonyl (C=O) groups excluding carboxylic acids is 1. The molecule has 158 valence electrons. The fraction of sp³-hybridized carbons (Fsp3) is 0.200. The van der Waals surface area contributed by atoms with E-state index in [4.69, 9.17) is 11.6 Å². The van der Waals surface area contributed by atoms with E-state index in [1.165, 1.54) is 41.3 Å². The summed E-state index contributed by atoms with van der Waals surface area (Å²) in [7, 11) is 0. The Morgan fingerprint density at radius 2 is 1.97 bits per heavy atom. The maximum atomic E-state index is 13.9. The number of halogens is 5. The number of aromatic nitrogens is 2. The Morgan fingerprint density at radius 3 is 2.70 bits per heavy atom. The zero-order chi connectivity index (χ0) is 21.7. The number of hydrogen-bond donors (Lipinski definition) is 1. The Balaban J connectivity index is 1.62. The quantitative estimate of drug-likeness (QED) is 0.522. The van der Waals surface area contributed by atoms with Crippen molar-refractivity contribution in [1.29, 1.82) is 0 Å². The molecule has 1 heterocycles. The molecular formula is C20H16ClF4N3O2. The molecule has 0 radical (unpaired) electrons. The summed E-state index contributed by atoms with van der Waals surface area (Å²) < 4.78 is 56.4. The van der Waals surface area contributed by atoms with Crippen LogP contribution in [0.2, 0.25) is 5.02 Å². The molecule has 1 amide bonds. The molecule has 0 aliphatic rings. The number of benzene rings is 2. The fourth-order valence-corrected chi connectivity index (χ4v) is 2.87. The smallest absolute Gasteiger partial charge is 0.367 e. The number of nitrogens with one attached hydrogen (secondary N) is 1. The van der Waals surface area contributed by atoms with Gasteiger partial charge in [-0.05, 0) is 29.8 Å². The molecule has 0 saturated heterocycles. The lowest BCUT2D eigenvalue weighted by Gasteiger charge is -2.09. The number of ether oxygens (including phenoxy) is 1. The summed E-state index contributed by atoms with van der Waals surface area (Å²) in [5.41, 5.74) is 1.31. The number of alkyl halides is 3. The lowest BCUT2D eigenvalue weighted by atomic mass is 10.1. The Bertz CT molecular complexity index is 1020. The Hall–Kier alpha value is -2.91. The van der Waals surface area contributed by atoms with E-state index in [9.17, 15) is 22.4 Å². The van der Waals surface area contributed by atoms with Crippen molar-refractivity contribution in [1.82, 2.24) is 9.78 Å². The van der Waals surface area contributed by atoms with Gasteiger partial charge in [-0.3, -0.25) is 9.48 Å². The summed E-state index contributed by atoms with van der Waals surface area (Å²) in [4.78, 5) is 12.4. The minimum Gasteiger partial charge on any atom is -0.367 e. The molecule has 10 heteroatoms. The van der Waals surface area contributed by atoms with Gasteiger partial charge in [0.15, 0.2) is 0 Å². The van der Waals surface area contributed by atoms with Crippen LogP contribution in [-0.2, 0) is 17.9 Å². The average molecular weight is 442 g/mol. The number of nitrogens with zero attached hydrogens (tertiary/aromatic N) is 2. The molecule has 1 aromatic heterocycles. The summed E-state index contributed by atoms with van der Waals surface area (Å²) in [6, 6.07) is 10.4. The maximum Gasteiger partial charge on any atom is 0.411 e. The fourth-order valence-electron chi connectivity index (χ4n) is 2.65. The summed E-state index contributed by atoms with van der Waals surface area (Å²) >= 11 is 6.00. The molecule has 0 aliphatic carbocycles. The van der Waals surface area contributed by atoms with Crippen LogP contribution in [0.15, 0.2) is 54.9 Å². The van der Waals surface area contributed by atoms with E-state index in [2.05, 4.69) is 15.2 Å². The second-order valence-electron chi connectivity index (χ2n) is 6.39. The van der Waals surface area contributed by atoms with Crippen molar-refractivity contribution < 1.29 is 27.1 Å². The van der Waals surface area contributed by atoms with Gasteiger partial charge in [-0.2, -0.15) is 18.3 Å². The second-order valence-corrected chi connectivity index (χ2v) is 6.80. The van der Waals surface area contributed by atoms with Gasteiger partial charge in [0.1, 0.15) is 12.4 Å². The first-order chi connectivity index (χ1) is 14.2. The first kappa shape index (κ1) is 21.8. The highest BCUT2D eigenvalue weighted by Gasteiger charge is 2.27. The lowest BCUT2D eigenvalue weighted by molar-refractivity contribution is -0.176. The molecule has 3 aromatic rings. The number of rotatable bonds is 7. The minimum absolute atomic E-state index is 0.0768. The van der Waals surface area contributed by atoms with Crippen LogP contribution in [0.1, 0.15) is 21.5 Å². The van der Waals surface area contributed by atoms with Crippen LogP contribution in [-0.4, -0.2) is 28.5 Å². The predicted octanol–water partition coefficient (Wildman–Crippen LogP) is 5.06. The normalized spacial score (nSPS) is 11.5. The van der Waals surface area contributed by atoms with E-state index >= 15 is 0 Å². The van der Waals surface area contributed by atoms with E-state index < -0.39 is 24.5 Å². The van der Waals surface area contributed by atoms with Gasteiger partial charge in [0.2, 0.25) is 0 Å². The van der Waals surface area contributed by atoms with Crippen molar-refractivity contribution in [2.75, 3.05) is 11.9 Å². The van der Waals surface area contributed by atoms with E-state index in [1.807, 2.05) is 0 Å². The Kier molecular flexibility index (Phi) is 6.73. The molecule has 0 bridgehead atoms. The van der Waals surface area contributed by atoms with Gasteiger partial charge in [-0.15, -0.1) is 0 Å². The number of amides is 1. The molecule has 0 spiro atoms. The molecule has 0 atom stereocenters. The van der Waals surface area contributed by atoms with Crippen molar-refractivity contribution >= 4 is 23.2 Å². The van der Waals surface area contributed by atoms with Gasteiger partial charge in [0.05, 0.1) is 25.0 Å². The summed E-state index contributed by atoms with van der Waals surface area (Å²) in [6.07, 6.45) is -1.51. The molecule has 2 aromatic carbocycles. The van der Waals surface area contributed by atoms with Gasteiger partial charge in [-0.1, -0.05) is 29.8 Å². The van der Waals surface area contributed by atoms with Crippen LogP contribution in [0, 0.1) is 5.82 Å². The van der Waals surface area contributed by atoms with Crippen molar-refractivity contribution in [2.24, 2.45) is 0 Å². The van der Waals surface area contributed by atoms with Gasteiger partial charge in [0.25, 0.3) is 5.91 Å². The zero-order valence-corrected chi connectivity index (χ0v) is 16.2. The molecule has 3 rings (SSSR count). The zero-order valence-electron chi connectivity index (χ0n) is 15.4. The van der Waals surface area contributed by atoms with Crippen LogP contribution in [0.5, 0.6) is 0 Å². The van der Waals surface area contributed by atoms with Crippen LogP contribution < -0.4 is 5.32 Å². The molecular weight excluding hydrogens is 426 g/mol. The van der Waals surface area contributed by atoms with Crippen LogP contribution >= 0.6 is 11.6 Å². The van der Waals surface area contributed by atoms with E-state index in [0.717, 1.165) is 0 Å². The third-order valence-corrected chi connectivity index (χ3v) is 4.35. The SMILES string of the molecule is O=C(Nc1cnn(Cc2c(F)cccc2Cl)c1)c1cccc(COCC(F)(F)F)c1. The highest BCUT2D eigenvalue weighted by molar-refractivity contribution is 6.31. The van der Waals surface area contributed by atoms with Crippen LogP contribution in [0.25, 0.3) is 0 Å². The maximum absolute atomic E-state index is 13.9. The van der Waals surface area contributed by atoms with Gasteiger partial charge in [0, 0.05) is 22.3 Å². The Labute approximate surface area is 174 Å². The van der Waals surface area contributed by atoms with Gasteiger partial charge < -0.3 is 10.1 Å². The van der Waals surface area contributed by atoms with E-state index in [-0.39, 0.29) is 29.3 Å². The number of anilines is 1. The number of hydrogen-bond acceptors (Lipinski definition) is 3. The van der Waals surface area contributed by atoms with Crippen LogP contribution in [0.3, 0.4) is 0 Å². The first-order valence-electron chi connectivity index (χ1n) is 8.71. The summed E-state index contributed by atoms with van der Waals surface area (Å²) in [6.45, 7) is -1.57. The molecule has 0 saturated carbocycles. The van der Waals surface area contributed by atoms with Crippen molar-refractivity contribution in [2.45, 2.75) is 19.3 Å². The number of carbonyl (C=O) groups is 1. The first-order valence-corrected chi connectivity index (χ1v) is 9.09. The predicted molar refractivity (Wildman–Crippen MR) is 103 cm³/mol. The Morgan fingerprint density at radius 1 is 1.20 bits per heavy atom. The minimum atomic E-state index is -4.41. The summed E-state index contributed by atoms with van der Waals surface area (Å²) in [5.74, 6) is -0.940. The molecule has 0 unspecified atom stereocenters. The standard InChI is InChI=1S/C20H16ClF4N3O2/c21-17-5-2-6-18(22)16(17)10-28-9-15(8-26-28)27-19(29)14-4-1-3-13(7-14)11-30-12-20(23,24)25/h1-9H,10-12H2,(H,27,29). The molecule has 30 heavy (non-hydrogen) atoms. The molecule has 0 fully saturated rings.